The van der Waals surface area contributed by atoms with E-state index in [-0.39, 0.29) is 5.91 Å². The molecular formula is C16H25N3O. The molecule has 4 heteroatoms. The van der Waals surface area contributed by atoms with Gasteiger partial charge in [0.25, 0.3) is 5.91 Å². The van der Waals surface area contributed by atoms with Gasteiger partial charge in [-0.1, -0.05) is 0 Å². The van der Waals surface area contributed by atoms with E-state index in [0.717, 1.165) is 30.1 Å². The summed E-state index contributed by atoms with van der Waals surface area (Å²) >= 11 is 0. The number of nitrogens with zero attached hydrogens (tertiary/aromatic N) is 1. The summed E-state index contributed by atoms with van der Waals surface area (Å²) in [6.45, 7) is 5.03. The number of benzene rings is 1. The molecule has 1 aliphatic heterocycles. The zero-order valence-corrected chi connectivity index (χ0v) is 12.5. The molecule has 1 amide bonds. The first kappa shape index (κ1) is 14.9. The Morgan fingerprint density at radius 3 is 2.75 bits per heavy atom. The van der Waals surface area contributed by atoms with E-state index in [1.54, 1.807) is 12.1 Å². The lowest BCUT2D eigenvalue weighted by molar-refractivity contribution is 0.0949. The van der Waals surface area contributed by atoms with E-state index >= 15 is 0 Å². The summed E-state index contributed by atoms with van der Waals surface area (Å²) in [5.41, 5.74) is 8.14. The van der Waals surface area contributed by atoms with Crippen molar-refractivity contribution in [3.8, 4) is 0 Å². The first-order chi connectivity index (χ1) is 9.56. The Bertz CT molecular complexity index is 465. The second-order valence-electron chi connectivity index (χ2n) is 5.86. The van der Waals surface area contributed by atoms with E-state index in [1.165, 1.54) is 25.9 Å². The van der Waals surface area contributed by atoms with Gasteiger partial charge in [0.1, 0.15) is 0 Å². The second kappa shape index (κ2) is 6.75. The molecule has 2 rings (SSSR count). The van der Waals surface area contributed by atoms with Gasteiger partial charge in [-0.25, -0.2) is 0 Å². The number of nitrogens with one attached hydrogen (secondary N) is 1. The molecule has 3 N–H and O–H groups in total. The molecule has 0 aromatic heterocycles. The van der Waals surface area contributed by atoms with Gasteiger partial charge in [0.2, 0.25) is 0 Å². The van der Waals surface area contributed by atoms with Crippen LogP contribution in [-0.2, 0) is 0 Å². The molecule has 1 aromatic rings. The molecule has 0 atom stereocenters. The first-order valence-corrected chi connectivity index (χ1v) is 7.39. The van der Waals surface area contributed by atoms with Crippen molar-refractivity contribution in [1.29, 1.82) is 0 Å². The summed E-state index contributed by atoms with van der Waals surface area (Å²) in [7, 11) is 2.17. The summed E-state index contributed by atoms with van der Waals surface area (Å²) in [5, 5.41) is 3.01. The van der Waals surface area contributed by atoms with Crippen LogP contribution in [0.2, 0.25) is 0 Å². The molecule has 0 aliphatic carbocycles. The average molecular weight is 275 g/mol. The maximum Gasteiger partial charge on any atom is 0.251 e. The highest BCUT2D eigenvalue weighted by Gasteiger charge is 2.16. The number of likely N-dealkylation sites (tertiary alicyclic amines) is 1. The van der Waals surface area contributed by atoms with Crippen molar-refractivity contribution in [2.75, 3.05) is 32.4 Å². The summed E-state index contributed by atoms with van der Waals surface area (Å²) < 4.78 is 0. The Morgan fingerprint density at radius 2 is 2.10 bits per heavy atom. The number of nitrogens with two attached hydrogens (primary N) is 1. The fourth-order valence-electron chi connectivity index (χ4n) is 2.66. The highest BCUT2D eigenvalue weighted by Crippen LogP contribution is 2.19. The van der Waals surface area contributed by atoms with E-state index in [2.05, 4.69) is 17.3 Å². The molecule has 1 aliphatic rings. The fraction of sp³-hybridized carbons (Fsp3) is 0.562. The van der Waals surface area contributed by atoms with Gasteiger partial charge >= 0.3 is 0 Å². The Balaban J connectivity index is 1.76. The van der Waals surface area contributed by atoms with Gasteiger partial charge in [0, 0.05) is 17.8 Å². The Morgan fingerprint density at radius 1 is 1.40 bits per heavy atom. The number of hydrogen-bond donors (Lipinski definition) is 2. The van der Waals surface area contributed by atoms with Gasteiger partial charge in [-0.3, -0.25) is 4.79 Å². The molecular weight excluding hydrogens is 250 g/mol. The first-order valence-electron chi connectivity index (χ1n) is 7.39. The molecule has 1 fully saturated rings. The summed E-state index contributed by atoms with van der Waals surface area (Å²) in [4.78, 5) is 14.4. The lowest BCUT2D eigenvalue weighted by atomic mass is 9.94. The Hall–Kier alpha value is -1.55. The van der Waals surface area contributed by atoms with Crippen molar-refractivity contribution in [1.82, 2.24) is 10.2 Å². The minimum absolute atomic E-state index is 0.000951. The number of nitrogen functional groups attached to an aromatic ring is 1. The number of rotatable bonds is 4. The van der Waals surface area contributed by atoms with Crippen LogP contribution in [0.25, 0.3) is 0 Å². The van der Waals surface area contributed by atoms with E-state index < -0.39 is 0 Å². The number of hydrogen-bond acceptors (Lipinski definition) is 3. The van der Waals surface area contributed by atoms with E-state index in [0.29, 0.717) is 5.56 Å². The highest BCUT2D eigenvalue weighted by molar-refractivity contribution is 5.94. The van der Waals surface area contributed by atoms with Crippen LogP contribution in [0.15, 0.2) is 18.2 Å². The van der Waals surface area contributed by atoms with Crippen molar-refractivity contribution >= 4 is 11.6 Å². The van der Waals surface area contributed by atoms with Crippen LogP contribution in [0.1, 0.15) is 35.2 Å². The van der Waals surface area contributed by atoms with E-state index in [9.17, 15) is 4.79 Å². The predicted molar refractivity (Wildman–Crippen MR) is 82.8 cm³/mol. The standard InChI is InChI=1S/C16H25N3O/c1-12-11-14(3-4-15(12)17)16(20)18-8-5-13-6-9-19(2)10-7-13/h3-4,11,13H,5-10,17H2,1-2H3,(H,18,20). The molecule has 1 aromatic carbocycles. The number of anilines is 1. The van der Waals surface area contributed by atoms with Gasteiger partial charge in [0.15, 0.2) is 0 Å². The number of amides is 1. The van der Waals surface area contributed by atoms with Crippen molar-refractivity contribution < 1.29 is 4.79 Å². The molecule has 4 nitrogen and oxygen atoms in total. The molecule has 1 saturated heterocycles. The number of carbonyl (C=O) groups is 1. The second-order valence-corrected chi connectivity index (χ2v) is 5.86. The number of piperidine rings is 1. The molecule has 0 saturated carbocycles. The largest absolute Gasteiger partial charge is 0.399 e. The van der Waals surface area contributed by atoms with Crippen LogP contribution in [0, 0.1) is 12.8 Å². The lowest BCUT2D eigenvalue weighted by Gasteiger charge is -2.28. The van der Waals surface area contributed by atoms with Gasteiger partial charge < -0.3 is 16.0 Å². The van der Waals surface area contributed by atoms with E-state index in [4.69, 9.17) is 5.73 Å². The van der Waals surface area contributed by atoms with Gasteiger partial charge in [-0.15, -0.1) is 0 Å². The van der Waals surface area contributed by atoms with Crippen LogP contribution in [-0.4, -0.2) is 37.5 Å². The SMILES string of the molecule is Cc1cc(C(=O)NCCC2CCN(C)CC2)ccc1N. The Kier molecular flexibility index (Phi) is 5.01. The molecule has 0 radical (unpaired) electrons. The van der Waals surface area contributed by atoms with E-state index in [1.807, 2.05) is 13.0 Å². The van der Waals surface area contributed by atoms with Gasteiger partial charge in [-0.05, 0) is 76.0 Å². The molecule has 1 heterocycles. The molecule has 0 spiro atoms. The Labute approximate surface area is 121 Å². The molecule has 20 heavy (non-hydrogen) atoms. The van der Waals surface area contributed by atoms with Crippen molar-refractivity contribution in [2.24, 2.45) is 5.92 Å². The van der Waals surface area contributed by atoms with Crippen LogP contribution in [0.3, 0.4) is 0 Å². The van der Waals surface area contributed by atoms with Crippen LogP contribution >= 0.6 is 0 Å². The number of carbonyl (C=O) groups excluding carboxylic acids is 1. The molecule has 110 valence electrons. The fourth-order valence-corrected chi connectivity index (χ4v) is 2.66. The minimum Gasteiger partial charge on any atom is -0.399 e. The van der Waals surface area contributed by atoms with Crippen LogP contribution in [0.4, 0.5) is 5.69 Å². The summed E-state index contributed by atoms with van der Waals surface area (Å²) in [6, 6.07) is 5.43. The van der Waals surface area contributed by atoms with Crippen molar-refractivity contribution in [3.05, 3.63) is 29.3 Å². The summed E-state index contributed by atoms with van der Waals surface area (Å²) in [5.74, 6) is 0.751. The monoisotopic (exact) mass is 275 g/mol. The average Bonchev–Trinajstić information content (AvgIpc) is 2.44. The normalized spacial score (nSPS) is 17.1. The zero-order chi connectivity index (χ0) is 14.5. The summed E-state index contributed by atoms with van der Waals surface area (Å²) in [6.07, 6.45) is 3.56. The maximum atomic E-state index is 12.0. The third-order valence-electron chi connectivity index (χ3n) is 4.21. The molecule has 0 bridgehead atoms. The predicted octanol–water partition coefficient (Wildman–Crippen LogP) is 2.04. The zero-order valence-electron chi connectivity index (χ0n) is 12.5. The van der Waals surface area contributed by atoms with Crippen LogP contribution in [0.5, 0.6) is 0 Å². The van der Waals surface area contributed by atoms with Crippen molar-refractivity contribution in [3.63, 3.8) is 0 Å². The topological polar surface area (TPSA) is 58.4 Å². The quantitative estimate of drug-likeness (QED) is 0.827. The minimum atomic E-state index is 0.000951. The maximum absolute atomic E-state index is 12.0. The van der Waals surface area contributed by atoms with Gasteiger partial charge in [-0.2, -0.15) is 0 Å². The number of aryl methyl sites for hydroxylation is 1. The van der Waals surface area contributed by atoms with Crippen LogP contribution < -0.4 is 11.1 Å². The lowest BCUT2D eigenvalue weighted by Crippen LogP contribution is -2.32. The van der Waals surface area contributed by atoms with Crippen molar-refractivity contribution in [2.45, 2.75) is 26.2 Å². The smallest absolute Gasteiger partial charge is 0.251 e. The molecule has 0 unspecified atom stereocenters. The third kappa shape index (κ3) is 3.97. The highest BCUT2D eigenvalue weighted by atomic mass is 16.1. The van der Waals surface area contributed by atoms with Gasteiger partial charge in [0.05, 0.1) is 0 Å². The third-order valence-corrected chi connectivity index (χ3v) is 4.21.